The van der Waals surface area contributed by atoms with Crippen molar-refractivity contribution in [1.29, 1.82) is 0 Å². The smallest absolute Gasteiger partial charge is 0.0637 e. The van der Waals surface area contributed by atoms with Crippen LogP contribution in [0.3, 0.4) is 0 Å². The molecule has 0 aromatic heterocycles. The Labute approximate surface area is 123 Å². The van der Waals surface area contributed by atoms with E-state index in [-0.39, 0.29) is 0 Å². The Balaban J connectivity index is 2.74. The zero-order chi connectivity index (χ0) is 14.8. The summed E-state index contributed by atoms with van der Waals surface area (Å²) in [7, 11) is 3.47. The van der Waals surface area contributed by atoms with Crippen LogP contribution in [0.5, 0.6) is 0 Å². The number of rotatable bonds is 10. The molecule has 4 heteroatoms. The molecule has 1 N–H and O–H groups in total. The quantitative estimate of drug-likeness (QED) is 0.667. The van der Waals surface area contributed by atoms with E-state index < -0.39 is 0 Å². The van der Waals surface area contributed by atoms with E-state index >= 15 is 0 Å². The van der Waals surface area contributed by atoms with Gasteiger partial charge in [0, 0.05) is 45.6 Å². The van der Waals surface area contributed by atoms with Crippen LogP contribution >= 0.6 is 0 Å². The highest BCUT2D eigenvalue weighted by molar-refractivity contribution is 5.54. The minimum atomic E-state index is 0.449. The lowest BCUT2D eigenvalue weighted by Gasteiger charge is -2.31. The molecule has 0 aliphatic rings. The van der Waals surface area contributed by atoms with Gasteiger partial charge in [0.2, 0.25) is 0 Å². The zero-order valence-corrected chi connectivity index (χ0v) is 13.2. The number of nitrogens with zero attached hydrogens (tertiary/aromatic N) is 1. The number of hydrogen-bond acceptors (Lipinski definition) is 4. The molecule has 20 heavy (non-hydrogen) atoms. The Morgan fingerprint density at radius 3 is 2.45 bits per heavy atom. The van der Waals surface area contributed by atoms with Crippen LogP contribution in [0.4, 0.5) is 5.69 Å². The molecular weight excluding hydrogens is 252 g/mol. The second kappa shape index (κ2) is 9.75. The molecule has 1 rings (SSSR count). The molecule has 0 heterocycles. The van der Waals surface area contributed by atoms with Crippen molar-refractivity contribution in [1.82, 2.24) is 5.32 Å². The predicted molar refractivity (Wildman–Crippen MR) is 84.4 cm³/mol. The van der Waals surface area contributed by atoms with E-state index in [1.165, 1.54) is 11.3 Å². The second-order valence-corrected chi connectivity index (χ2v) is 5.08. The highest BCUT2D eigenvalue weighted by Gasteiger charge is 2.13. The van der Waals surface area contributed by atoms with Gasteiger partial charge in [-0.05, 0) is 25.5 Å². The fourth-order valence-corrected chi connectivity index (χ4v) is 2.18. The van der Waals surface area contributed by atoms with E-state index in [0.717, 1.165) is 32.8 Å². The number of anilines is 1. The molecule has 0 bridgehead atoms. The van der Waals surface area contributed by atoms with Gasteiger partial charge in [-0.1, -0.05) is 18.2 Å². The Bertz CT molecular complexity index is 369. The van der Waals surface area contributed by atoms with Crippen molar-refractivity contribution in [3.05, 3.63) is 29.8 Å². The van der Waals surface area contributed by atoms with Gasteiger partial charge in [0.1, 0.15) is 0 Å². The van der Waals surface area contributed by atoms with Crippen LogP contribution < -0.4 is 10.2 Å². The summed E-state index contributed by atoms with van der Waals surface area (Å²) < 4.78 is 10.3. The molecule has 0 atom stereocenters. The number of methoxy groups -OCH3 is 2. The molecule has 4 nitrogen and oxygen atoms in total. The maximum absolute atomic E-state index is 5.22. The van der Waals surface area contributed by atoms with Gasteiger partial charge in [-0.2, -0.15) is 0 Å². The van der Waals surface area contributed by atoms with Crippen LogP contribution in [-0.2, 0) is 16.0 Å². The van der Waals surface area contributed by atoms with Crippen molar-refractivity contribution in [2.24, 2.45) is 0 Å². The number of ether oxygens (including phenoxy) is 2. The first kappa shape index (κ1) is 17.0. The molecule has 1 aromatic carbocycles. The van der Waals surface area contributed by atoms with E-state index in [9.17, 15) is 0 Å². The Hall–Kier alpha value is -1.10. The van der Waals surface area contributed by atoms with Crippen molar-refractivity contribution in [3.8, 4) is 0 Å². The zero-order valence-electron chi connectivity index (χ0n) is 13.2. The predicted octanol–water partition coefficient (Wildman–Crippen LogP) is 2.28. The minimum absolute atomic E-state index is 0.449. The molecule has 0 aliphatic heterocycles. The van der Waals surface area contributed by atoms with Gasteiger partial charge in [0.15, 0.2) is 0 Å². The highest BCUT2D eigenvalue weighted by Crippen LogP contribution is 2.22. The molecular formula is C16H28N2O2. The van der Waals surface area contributed by atoms with Gasteiger partial charge in [-0.25, -0.2) is 0 Å². The van der Waals surface area contributed by atoms with Crippen LogP contribution in [0.2, 0.25) is 0 Å². The molecule has 0 radical (unpaired) electrons. The summed E-state index contributed by atoms with van der Waals surface area (Å²) in [6, 6.07) is 8.99. The van der Waals surface area contributed by atoms with Gasteiger partial charge < -0.3 is 19.7 Å². The van der Waals surface area contributed by atoms with Crippen molar-refractivity contribution in [3.63, 3.8) is 0 Å². The molecule has 0 amide bonds. The molecule has 0 saturated heterocycles. The SMILES string of the molecule is COCCNCc1ccccc1N(CCOC)C(C)C. The minimum Gasteiger partial charge on any atom is -0.383 e. The first-order valence-electron chi connectivity index (χ1n) is 7.23. The Kier molecular flexibility index (Phi) is 8.26. The van der Waals surface area contributed by atoms with Crippen LogP contribution in [-0.4, -0.2) is 46.6 Å². The Morgan fingerprint density at radius 2 is 1.80 bits per heavy atom. The highest BCUT2D eigenvalue weighted by atomic mass is 16.5. The van der Waals surface area contributed by atoms with Gasteiger partial charge in [-0.15, -0.1) is 0 Å². The normalized spacial score (nSPS) is 11.1. The summed E-state index contributed by atoms with van der Waals surface area (Å²) in [5.41, 5.74) is 2.60. The summed E-state index contributed by atoms with van der Waals surface area (Å²) in [5.74, 6) is 0. The molecule has 0 unspecified atom stereocenters. The maximum atomic E-state index is 5.22. The molecule has 0 aliphatic carbocycles. The van der Waals surface area contributed by atoms with Crippen LogP contribution in [0, 0.1) is 0 Å². The summed E-state index contributed by atoms with van der Waals surface area (Å²) in [5, 5.41) is 3.41. The van der Waals surface area contributed by atoms with Crippen LogP contribution in [0.25, 0.3) is 0 Å². The standard InChI is InChI=1S/C16H28N2O2/c1-14(2)18(10-12-20-4)16-8-6-5-7-15(16)13-17-9-11-19-3/h5-8,14,17H,9-13H2,1-4H3. The average molecular weight is 280 g/mol. The van der Waals surface area contributed by atoms with Crippen molar-refractivity contribution < 1.29 is 9.47 Å². The third-order valence-corrected chi connectivity index (χ3v) is 3.26. The number of hydrogen-bond donors (Lipinski definition) is 1. The first-order valence-corrected chi connectivity index (χ1v) is 7.23. The maximum Gasteiger partial charge on any atom is 0.0637 e. The van der Waals surface area contributed by atoms with E-state index in [1.54, 1.807) is 14.2 Å². The fraction of sp³-hybridized carbons (Fsp3) is 0.625. The Morgan fingerprint density at radius 1 is 1.10 bits per heavy atom. The second-order valence-electron chi connectivity index (χ2n) is 5.08. The van der Waals surface area contributed by atoms with Crippen molar-refractivity contribution >= 4 is 5.69 Å². The summed E-state index contributed by atoms with van der Waals surface area (Å²) in [4.78, 5) is 2.39. The van der Waals surface area contributed by atoms with E-state index in [1.807, 2.05) is 0 Å². The van der Waals surface area contributed by atoms with Crippen molar-refractivity contribution in [2.45, 2.75) is 26.4 Å². The number of benzene rings is 1. The van der Waals surface area contributed by atoms with Gasteiger partial charge >= 0.3 is 0 Å². The summed E-state index contributed by atoms with van der Waals surface area (Å²) >= 11 is 0. The third kappa shape index (κ3) is 5.49. The van der Waals surface area contributed by atoms with Crippen LogP contribution in [0.1, 0.15) is 19.4 Å². The number of nitrogens with one attached hydrogen (secondary N) is 1. The fourth-order valence-electron chi connectivity index (χ4n) is 2.18. The molecule has 0 fully saturated rings. The van der Waals surface area contributed by atoms with Gasteiger partial charge in [0.25, 0.3) is 0 Å². The van der Waals surface area contributed by atoms with Gasteiger partial charge in [-0.3, -0.25) is 0 Å². The summed E-state index contributed by atoms with van der Waals surface area (Å²) in [6.45, 7) is 8.53. The van der Waals surface area contributed by atoms with Gasteiger partial charge in [0.05, 0.1) is 13.2 Å². The third-order valence-electron chi connectivity index (χ3n) is 3.26. The number of para-hydroxylation sites is 1. The molecule has 114 valence electrons. The summed E-state index contributed by atoms with van der Waals surface area (Å²) in [6.07, 6.45) is 0. The van der Waals surface area contributed by atoms with Crippen LogP contribution in [0.15, 0.2) is 24.3 Å². The molecule has 0 spiro atoms. The average Bonchev–Trinajstić information content (AvgIpc) is 2.45. The van der Waals surface area contributed by atoms with E-state index in [4.69, 9.17) is 9.47 Å². The van der Waals surface area contributed by atoms with E-state index in [2.05, 4.69) is 48.3 Å². The lowest BCUT2D eigenvalue weighted by Crippen LogP contribution is -2.35. The monoisotopic (exact) mass is 280 g/mol. The largest absolute Gasteiger partial charge is 0.383 e. The van der Waals surface area contributed by atoms with E-state index in [0.29, 0.717) is 6.04 Å². The topological polar surface area (TPSA) is 33.7 Å². The molecule has 0 saturated carbocycles. The lowest BCUT2D eigenvalue weighted by atomic mass is 10.1. The first-order chi connectivity index (χ1) is 9.70. The molecule has 1 aromatic rings. The van der Waals surface area contributed by atoms with Crippen molar-refractivity contribution in [2.75, 3.05) is 45.4 Å². The lowest BCUT2D eigenvalue weighted by molar-refractivity contribution is 0.199.